The van der Waals surface area contributed by atoms with E-state index in [4.69, 9.17) is 4.99 Å². The van der Waals surface area contributed by atoms with Gasteiger partial charge >= 0.3 is 0 Å². The molecule has 1 aromatic carbocycles. The van der Waals surface area contributed by atoms with Crippen LogP contribution in [0.15, 0.2) is 35.3 Å². The van der Waals surface area contributed by atoms with Crippen molar-refractivity contribution in [3.8, 4) is 0 Å². The van der Waals surface area contributed by atoms with Gasteiger partial charge < -0.3 is 15.2 Å². The Kier molecular flexibility index (Phi) is 7.08. The molecule has 2 N–H and O–H groups in total. The van der Waals surface area contributed by atoms with Crippen LogP contribution < -0.4 is 10.6 Å². The Hall–Kier alpha value is -2.02. The molecular formula is C19H30N6S. The molecule has 2 aromatic rings. The van der Waals surface area contributed by atoms with Gasteiger partial charge in [-0.3, -0.25) is 0 Å². The van der Waals surface area contributed by atoms with E-state index in [1.807, 2.05) is 36.4 Å². The molecule has 0 radical (unpaired) electrons. The first-order valence-corrected chi connectivity index (χ1v) is 10.0. The van der Waals surface area contributed by atoms with Crippen LogP contribution in [-0.2, 0) is 13.6 Å². The minimum atomic E-state index is 0.125. The maximum absolute atomic E-state index is 4.73. The van der Waals surface area contributed by atoms with Crippen LogP contribution in [0.2, 0.25) is 0 Å². The number of thioether (sulfide) groups is 1. The van der Waals surface area contributed by atoms with Crippen molar-refractivity contribution in [1.82, 2.24) is 25.4 Å². The van der Waals surface area contributed by atoms with Crippen LogP contribution in [0, 0.1) is 6.92 Å². The Morgan fingerprint density at radius 3 is 2.54 bits per heavy atom. The standard InChI is InChI=1S/C19H30N6S/c1-14(16-10-8-7-9-11-16)22-18(21-13-19(3,4)26-6)20-12-17-24-23-15(2)25(17)5/h7-11,14H,12-13H2,1-6H3,(H2,20,21,22). The van der Waals surface area contributed by atoms with E-state index < -0.39 is 0 Å². The van der Waals surface area contributed by atoms with Gasteiger partial charge in [0.05, 0.1) is 6.04 Å². The van der Waals surface area contributed by atoms with E-state index in [0.29, 0.717) is 6.54 Å². The fourth-order valence-electron chi connectivity index (χ4n) is 2.29. The predicted octanol–water partition coefficient (Wildman–Crippen LogP) is 3.06. The lowest BCUT2D eigenvalue weighted by Gasteiger charge is -2.25. The minimum absolute atomic E-state index is 0.125. The number of nitrogens with one attached hydrogen (secondary N) is 2. The summed E-state index contributed by atoms with van der Waals surface area (Å²) in [4.78, 5) is 4.73. The van der Waals surface area contributed by atoms with Gasteiger partial charge in [0.1, 0.15) is 12.4 Å². The maximum atomic E-state index is 4.73. The van der Waals surface area contributed by atoms with Crippen molar-refractivity contribution in [3.63, 3.8) is 0 Å². The van der Waals surface area contributed by atoms with Gasteiger partial charge in [-0.15, -0.1) is 10.2 Å². The molecule has 1 atom stereocenters. The zero-order valence-electron chi connectivity index (χ0n) is 16.6. The lowest BCUT2D eigenvalue weighted by atomic mass is 10.1. The number of hydrogen-bond donors (Lipinski definition) is 2. The van der Waals surface area contributed by atoms with Crippen LogP contribution in [-0.4, -0.2) is 38.3 Å². The Balaban J connectivity index is 2.12. The molecule has 0 saturated carbocycles. The number of aromatic nitrogens is 3. The Morgan fingerprint density at radius 2 is 1.96 bits per heavy atom. The van der Waals surface area contributed by atoms with Crippen molar-refractivity contribution in [2.75, 3.05) is 12.8 Å². The summed E-state index contributed by atoms with van der Waals surface area (Å²) < 4.78 is 2.09. The average molecular weight is 375 g/mol. The van der Waals surface area contributed by atoms with Gasteiger partial charge in [0.25, 0.3) is 0 Å². The second-order valence-electron chi connectivity index (χ2n) is 6.98. The molecule has 1 unspecified atom stereocenters. The molecule has 26 heavy (non-hydrogen) atoms. The van der Waals surface area contributed by atoms with E-state index in [9.17, 15) is 0 Å². The SMILES string of the molecule is CSC(C)(C)CNC(=NCc1nnc(C)n1C)NC(C)c1ccccc1. The smallest absolute Gasteiger partial charge is 0.192 e. The highest BCUT2D eigenvalue weighted by molar-refractivity contribution is 7.99. The molecule has 0 fully saturated rings. The molecule has 142 valence electrons. The molecule has 1 aromatic heterocycles. The van der Waals surface area contributed by atoms with Gasteiger partial charge in [0.2, 0.25) is 0 Å². The normalized spacial score (nSPS) is 13.5. The van der Waals surface area contributed by atoms with Gasteiger partial charge in [-0.25, -0.2) is 4.99 Å². The largest absolute Gasteiger partial charge is 0.355 e. The van der Waals surface area contributed by atoms with Crippen LogP contribution in [0.3, 0.4) is 0 Å². The molecule has 0 amide bonds. The average Bonchev–Trinajstić information content (AvgIpc) is 2.96. The molecule has 2 rings (SSSR count). The summed E-state index contributed by atoms with van der Waals surface area (Å²) in [6, 6.07) is 10.5. The molecule has 1 heterocycles. The maximum Gasteiger partial charge on any atom is 0.192 e. The third kappa shape index (κ3) is 5.76. The molecule has 0 aliphatic carbocycles. The molecule has 0 bridgehead atoms. The van der Waals surface area contributed by atoms with E-state index in [1.54, 1.807) is 0 Å². The summed E-state index contributed by atoms with van der Waals surface area (Å²) in [6.45, 7) is 9.81. The van der Waals surface area contributed by atoms with Gasteiger partial charge in [-0.1, -0.05) is 30.3 Å². The zero-order chi connectivity index (χ0) is 19.2. The fourth-order valence-corrected chi connectivity index (χ4v) is 2.51. The Morgan fingerprint density at radius 1 is 1.27 bits per heavy atom. The predicted molar refractivity (Wildman–Crippen MR) is 110 cm³/mol. The summed E-state index contributed by atoms with van der Waals surface area (Å²) in [5.41, 5.74) is 1.22. The first-order valence-electron chi connectivity index (χ1n) is 8.82. The summed E-state index contributed by atoms with van der Waals surface area (Å²) in [5.74, 6) is 2.52. The minimum Gasteiger partial charge on any atom is -0.355 e. The topological polar surface area (TPSA) is 67.1 Å². The first-order chi connectivity index (χ1) is 12.3. The number of benzene rings is 1. The third-order valence-electron chi connectivity index (χ3n) is 4.45. The van der Waals surface area contributed by atoms with Gasteiger partial charge in [0.15, 0.2) is 11.8 Å². The number of aryl methyl sites for hydroxylation is 1. The van der Waals surface area contributed by atoms with Crippen molar-refractivity contribution < 1.29 is 0 Å². The highest BCUT2D eigenvalue weighted by atomic mass is 32.2. The molecule has 0 saturated heterocycles. The van der Waals surface area contributed by atoms with Crippen LogP contribution in [0.1, 0.15) is 44.0 Å². The van der Waals surface area contributed by atoms with Crippen molar-refractivity contribution >= 4 is 17.7 Å². The second kappa shape index (κ2) is 9.07. The Bertz CT molecular complexity index is 723. The molecule has 7 heteroatoms. The molecule has 0 aliphatic heterocycles. The van der Waals surface area contributed by atoms with E-state index in [0.717, 1.165) is 24.2 Å². The van der Waals surface area contributed by atoms with Gasteiger partial charge in [-0.05, 0) is 39.5 Å². The van der Waals surface area contributed by atoms with Gasteiger partial charge in [0, 0.05) is 18.3 Å². The monoisotopic (exact) mass is 374 g/mol. The van der Waals surface area contributed by atoms with Crippen LogP contribution in [0.5, 0.6) is 0 Å². The summed E-state index contributed by atoms with van der Waals surface area (Å²) in [6.07, 6.45) is 2.13. The van der Waals surface area contributed by atoms with E-state index in [-0.39, 0.29) is 10.8 Å². The summed E-state index contributed by atoms with van der Waals surface area (Å²) in [5, 5.41) is 15.3. The Labute approximate surface area is 160 Å². The second-order valence-corrected chi connectivity index (χ2v) is 8.49. The summed E-state index contributed by atoms with van der Waals surface area (Å²) >= 11 is 1.83. The highest BCUT2D eigenvalue weighted by Crippen LogP contribution is 2.19. The van der Waals surface area contributed by atoms with Crippen molar-refractivity contribution in [2.24, 2.45) is 12.0 Å². The van der Waals surface area contributed by atoms with E-state index >= 15 is 0 Å². The third-order valence-corrected chi connectivity index (χ3v) is 5.70. The molecule has 0 aliphatic rings. The lowest BCUT2D eigenvalue weighted by Crippen LogP contribution is -2.44. The van der Waals surface area contributed by atoms with Gasteiger partial charge in [-0.2, -0.15) is 11.8 Å². The number of aliphatic imine (C=N–C) groups is 1. The van der Waals surface area contributed by atoms with Crippen molar-refractivity contribution in [2.45, 2.75) is 45.0 Å². The van der Waals surface area contributed by atoms with E-state index in [1.165, 1.54) is 5.56 Å². The van der Waals surface area contributed by atoms with Crippen molar-refractivity contribution in [3.05, 3.63) is 47.5 Å². The van der Waals surface area contributed by atoms with Crippen molar-refractivity contribution in [1.29, 1.82) is 0 Å². The molecule has 6 nitrogen and oxygen atoms in total. The summed E-state index contributed by atoms with van der Waals surface area (Å²) in [7, 11) is 1.96. The van der Waals surface area contributed by atoms with E-state index in [2.05, 4.69) is 72.1 Å². The lowest BCUT2D eigenvalue weighted by molar-refractivity contribution is 0.634. The number of guanidine groups is 1. The van der Waals surface area contributed by atoms with Crippen LogP contribution in [0.4, 0.5) is 0 Å². The highest BCUT2D eigenvalue weighted by Gasteiger charge is 2.17. The van der Waals surface area contributed by atoms with Crippen LogP contribution in [0.25, 0.3) is 0 Å². The number of nitrogens with zero attached hydrogens (tertiary/aromatic N) is 4. The zero-order valence-corrected chi connectivity index (χ0v) is 17.4. The molecular weight excluding hydrogens is 344 g/mol. The van der Waals surface area contributed by atoms with Crippen LogP contribution >= 0.6 is 11.8 Å². The number of hydrogen-bond acceptors (Lipinski definition) is 4. The number of rotatable bonds is 7. The molecule has 0 spiro atoms. The quantitative estimate of drug-likeness (QED) is 0.576. The fraction of sp³-hybridized carbons (Fsp3) is 0.526. The first kappa shape index (κ1) is 20.3.